The second-order valence-electron chi connectivity index (χ2n) is 4.57. The van der Waals surface area contributed by atoms with Crippen LogP contribution < -0.4 is 0 Å². The van der Waals surface area contributed by atoms with Crippen LogP contribution in [0.25, 0.3) is 0 Å². The summed E-state index contributed by atoms with van der Waals surface area (Å²) >= 11 is 0. The fourth-order valence-corrected chi connectivity index (χ4v) is 2.45. The Morgan fingerprint density at radius 3 is 3.18 bits per heavy atom. The average Bonchev–Trinajstić information content (AvgIpc) is 2.94. The van der Waals surface area contributed by atoms with Crippen LogP contribution in [0.5, 0.6) is 0 Å². The molecule has 1 fully saturated rings. The molecular weight excluding hydrogens is 218 g/mol. The van der Waals surface area contributed by atoms with E-state index in [1.807, 2.05) is 11.8 Å². The number of amides is 1. The van der Waals surface area contributed by atoms with Crippen molar-refractivity contribution in [3.05, 3.63) is 17.5 Å². The van der Waals surface area contributed by atoms with Crippen LogP contribution >= 0.6 is 0 Å². The van der Waals surface area contributed by atoms with Gasteiger partial charge in [0, 0.05) is 24.9 Å². The fourth-order valence-electron chi connectivity index (χ4n) is 2.45. The topological polar surface area (TPSA) is 69.2 Å². The first-order valence-electron chi connectivity index (χ1n) is 6.16. The number of hydrogen-bond donors (Lipinski definition) is 2. The van der Waals surface area contributed by atoms with Crippen LogP contribution in [0.2, 0.25) is 0 Å². The molecule has 1 atom stereocenters. The van der Waals surface area contributed by atoms with Gasteiger partial charge in [0.15, 0.2) is 0 Å². The van der Waals surface area contributed by atoms with Crippen LogP contribution in [0, 0.1) is 6.92 Å². The van der Waals surface area contributed by atoms with Crippen molar-refractivity contribution in [3.63, 3.8) is 0 Å². The maximum atomic E-state index is 12.3. The van der Waals surface area contributed by atoms with Gasteiger partial charge < -0.3 is 10.0 Å². The molecule has 17 heavy (non-hydrogen) atoms. The summed E-state index contributed by atoms with van der Waals surface area (Å²) in [6.45, 7) is 2.88. The molecular formula is C12H19N3O2. The number of aromatic amines is 1. The number of carbonyl (C=O) groups excluding carboxylic acids is 1. The Bertz CT molecular complexity index is 389. The molecule has 2 rings (SSSR count). The van der Waals surface area contributed by atoms with Crippen molar-refractivity contribution in [2.75, 3.05) is 13.2 Å². The molecule has 1 amide bonds. The number of hydrogen-bond acceptors (Lipinski definition) is 3. The minimum Gasteiger partial charge on any atom is -0.396 e. The summed E-state index contributed by atoms with van der Waals surface area (Å²) in [5.41, 5.74) is 1.49. The first-order valence-corrected chi connectivity index (χ1v) is 6.16. The van der Waals surface area contributed by atoms with Gasteiger partial charge in [-0.05, 0) is 32.6 Å². The maximum Gasteiger partial charge on any atom is 0.257 e. The molecule has 2 heterocycles. The van der Waals surface area contributed by atoms with Crippen molar-refractivity contribution in [2.45, 2.75) is 38.6 Å². The number of rotatable bonds is 4. The lowest BCUT2D eigenvalue weighted by atomic mass is 10.1. The van der Waals surface area contributed by atoms with E-state index in [1.54, 1.807) is 6.20 Å². The average molecular weight is 237 g/mol. The van der Waals surface area contributed by atoms with Crippen molar-refractivity contribution in [2.24, 2.45) is 0 Å². The number of aromatic nitrogens is 2. The van der Waals surface area contributed by atoms with E-state index in [9.17, 15) is 4.79 Å². The number of nitrogens with zero attached hydrogens (tertiary/aromatic N) is 2. The van der Waals surface area contributed by atoms with Crippen LogP contribution in [-0.2, 0) is 0 Å². The minimum absolute atomic E-state index is 0.0664. The van der Waals surface area contributed by atoms with Gasteiger partial charge in [-0.2, -0.15) is 5.10 Å². The lowest BCUT2D eigenvalue weighted by molar-refractivity contribution is 0.0724. The third-order valence-electron chi connectivity index (χ3n) is 3.39. The number of likely N-dealkylation sites (tertiary alicyclic amines) is 1. The highest BCUT2D eigenvalue weighted by Crippen LogP contribution is 2.23. The van der Waals surface area contributed by atoms with Gasteiger partial charge in [0.1, 0.15) is 0 Å². The largest absolute Gasteiger partial charge is 0.396 e. The normalized spacial score (nSPS) is 19.9. The second-order valence-corrected chi connectivity index (χ2v) is 4.57. The zero-order chi connectivity index (χ0) is 12.3. The van der Waals surface area contributed by atoms with Crippen LogP contribution in [-0.4, -0.2) is 45.3 Å². The van der Waals surface area contributed by atoms with Crippen molar-refractivity contribution < 1.29 is 9.90 Å². The molecule has 0 aliphatic carbocycles. The molecule has 0 saturated carbocycles. The minimum atomic E-state index is 0.0664. The van der Waals surface area contributed by atoms with Crippen LogP contribution in [0.1, 0.15) is 41.7 Å². The fraction of sp³-hybridized carbons (Fsp3) is 0.667. The summed E-state index contributed by atoms with van der Waals surface area (Å²) in [5.74, 6) is 0.0664. The van der Waals surface area contributed by atoms with Gasteiger partial charge in [-0.15, -0.1) is 0 Å². The van der Waals surface area contributed by atoms with Gasteiger partial charge in [0.2, 0.25) is 0 Å². The molecule has 1 aliphatic heterocycles. The van der Waals surface area contributed by atoms with E-state index in [1.165, 1.54) is 0 Å². The molecule has 94 valence electrons. The number of nitrogens with one attached hydrogen (secondary N) is 1. The Balaban J connectivity index is 2.06. The number of aliphatic hydroxyl groups is 1. The monoisotopic (exact) mass is 237 g/mol. The Hall–Kier alpha value is -1.36. The van der Waals surface area contributed by atoms with Crippen LogP contribution in [0.15, 0.2) is 6.20 Å². The summed E-state index contributed by atoms with van der Waals surface area (Å²) in [7, 11) is 0. The van der Waals surface area contributed by atoms with Crippen molar-refractivity contribution in [1.29, 1.82) is 0 Å². The summed E-state index contributed by atoms with van der Waals surface area (Å²) in [6.07, 6.45) is 5.35. The Morgan fingerprint density at radius 1 is 1.71 bits per heavy atom. The van der Waals surface area contributed by atoms with E-state index in [-0.39, 0.29) is 18.6 Å². The van der Waals surface area contributed by atoms with Crippen LogP contribution in [0.3, 0.4) is 0 Å². The predicted molar refractivity (Wildman–Crippen MR) is 63.7 cm³/mol. The van der Waals surface area contributed by atoms with Gasteiger partial charge in [-0.3, -0.25) is 9.89 Å². The molecule has 1 unspecified atom stereocenters. The van der Waals surface area contributed by atoms with E-state index in [0.29, 0.717) is 5.56 Å². The van der Waals surface area contributed by atoms with Crippen LogP contribution in [0.4, 0.5) is 0 Å². The van der Waals surface area contributed by atoms with Gasteiger partial charge in [-0.1, -0.05) is 0 Å². The Labute approximate surface area is 101 Å². The number of aryl methyl sites for hydroxylation is 1. The van der Waals surface area contributed by atoms with Gasteiger partial charge in [0.05, 0.1) is 11.8 Å². The third kappa shape index (κ3) is 2.49. The zero-order valence-electron chi connectivity index (χ0n) is 10.1. The molecule has 0 aromatic carbocycles. The smallest absolute Gasteiger partial charge is 0.257 e. The molecule has 1 aromatic rings. The molecule has 1 aromatic heterocycles. The predicted octanol–water partition coefficient (Wildman–Crippen LogP) is 1.10. The molecule has 0 bridgehead atoms. The van der Waals surface area contributed by atoms with Crippen molar-refractivity contribution in [3.8, 4) is 0 Å². The lowest BCUT2D eigenvalue weighted by Crippen LogP contribution is -2.35. The maximum absolute atomic E-state index is 12.3. The Morgan fingerprint density at radius 2 is 2.53 bits per heavy atom. The quantitative estimate of drug-likeness (QED) is 0.823. The molecule has 0 radical (unpaired) electrons. The van der Waals surface area contributed by atoms with E-state index >= 15 is 0 Å². The SMILES string of the molecule is Cc1[nH]ncc1C(=O)N1CCCC1CCCO. The zero-order valence-corrected chi connectivity index (χ0v) is 10.1. The first-order chi connectivity index (χ1) is 8.24. The standard InChI is InChI=1S/C12H19N3O2/c1-9-11(8-13-14-9)12(17)15-6-2-4-10(15)5-3-7-16/h8,10,16H,2-7H2,1H3,(H,13,14). The van der Waals surface area contributed by atoms with E-state index in [2.05, 4.69) is 10.2 Å². The van der Waals surface area contributed by atoms with Gasteiger partial charge in [-0.25, -0.2) is 0 Å². The van der Waals surface area contributed by atoms with Crippen molar-refractivity contribution in [1.82, 2.24) is 15.1 Å². The summed E-state index contributed by atoms with van der Waals surface area (Å²) in [5, 5.41) is 15.5. The molecule has 5 nitrogen and oxygen atoms in total. The first kappa shape index (κ1) is 12.1. The highest BCUT2D eigenvalue weighted by Gasteiger charge is 2.29. The molecule has 0 spiro atoms. The second kappa shape index (κ2) is 5.31. The summed E-state index contributed by atoms with van der Waals surface area (Å²) in [6, 6.07) is 0.281. The van der Waals surface area contributed by atoms with E-state index in [0.717, 1.165) is 37.9 Å². The summed E-state index contributed by atoms with van der Waals surface area (Å²) < 4.78 is 0. The Kier molecular flexibility index (Phi) is 3.78. The highest BCUT2D eigenvalue weighted by atomic mass is 16.3. The molecule has 2 N–H and O–H groups in total. The van der Waals surface area contributed by atoms with Gasteiger partial charge >= 0.3 is 0 Å². The number of H-pyrrole nitrogens is 1. The number of carbonyl (C=O) groups is 1. The third-order valence-corrected chi connectivity index (χ3v) is 3.39. The number of aliphatic hydroxyl groups excluding tert-OH is 1. The summed E-state index contributed by atoms with van der Waals surface area (Å²) in [4.78, 5) is 14.2. The highest BCUT2D eigenvalue weighted by molar-refractivity contribution is 5.95. The van der Waals surface area contributed by atoms with E-state index in [4.69, 9.17) is 5.11 Å². The van der Waals surface area contributed by atoms with Crippen molar-refractivity contribution >= 4 is 5.91 Å². The van der Waals surface area contributed by atoms with Gasteiger partial charge in [0.25, 0.3) is 5.91 Å². The molecule has 1 saturated heterocycles. The molecule has 5 heteroatoms. The van der Waals surface area contributed by atoms with E-state index < -0.39 is 0 Å². The molecule has 1 aliphatic rings. The lowest BCUT2D eigenvalue weighted by Gasteiger charge is -2.24.